The fourth-order valence-electron chi connectivity index (χ4n) is 1.94. The molecule has 1 aromatic heterocycles. The van der Waals surface area contributed by atoms with Gasteiger partial charge in [-0.05, 0) is 31.2 Å². The number of benzene rings is 1. The zero-order valence-electron chi connectivity index (χ0n) is 11.6. The Morgan fingerprint density at radius 2 is 2.18 bits per heavy atom. The number of carbonyl (C=O) groups is 1. The summed E-state index contributed by atoms with van der Waals surface area (Å²) in [5, 5.41) is 6.03. The van der Waals surface area contributed by atoms with Gasteiger partial charge in [0.15, 0.2) is 0 Å². The average Bonchev–Trinajstić information content (AvgIpc) is 2.93. The Balaban J connectivity index is 2.06. The van der Waals surface area contributed by atoms with Crippen LogP contribution in [0.2, 0.25) is 5.02 Å². The Kier molecular flexibility index (Phi) is 4.75. The van der Waals surface area contributed by atoms with E-state index in [4.69, 9.17) is 11.6 Å². The highest BCUT2D eigenvalue weighted by atomic mass is 35.5. The minimum Gasteiger partial charge on any atom is -0.326 e. The molecule has 22 heavy (non-hydrogen) atoms. The van der Waals surface area contributed by atoms with Crippen LogP contribution in [0.15, 0.2) is 36.7 Å². The van der Waals surface area contributed by atoms with Crippen molar-refractivity contribution in [1.82, 2.24) is 9.78 Å². The standard InChI is InChI=1S/C14H13ClF3N3O/c1-9(21-6-2-5-19-21)7-13(22)20-10-3-4-12(15)11(8-10)14(16,17)18/h2-6,8-9H,7H2,1H3,(H,20,22)/t9-/m1/s1. The molecule has 1 N–H and O–H groups in total. The number of halogens is 4. The number of rotatable bonds is 4. The molecule has 0 saturated carbocycles. The summed E-state index contributed by atoms with van der Waals surface area (Å²) in [5.41, 5.74) is -0.929. The van der Waals surface area contributed by atoms with Gasteiger partial charge in [-0.3, -0.25) is 9.48 Å². The molecular weight excluding hydrogens is 319 g/mol. The van der Waals surface area contributed by atoms with Gasteiger partial charge in [-0.15, -0.1) is 0 Å². The average molecular weight is 332 g/mol. The topological polar surface area (TPSA) is 46.9 Å². The highest BCUT2D eigenvalue weighted by Crippen LogP contribution is 2.36. The minimum atomic E-state index is -4.57. The third kappa shape index (κ3) is 4.00. The second kappa shape index (κ2) is 6.39. The molecule has 0 aliphatic carbocycles. The van der Waals surface area contributed by atoms with Crippen molar-refractivity contribution in [3.05, 3.63) is 47.2 Å². The lowest BCUT2D eigenvalue weighted by Gasteiger charge is -2.14. The van der Waals surface area contributed by atoms with E-state index in [1.807, 2.05) is 0 Å². The van der Waals surface area contributed by atoms with Crippen LogP contribution < -0.4 is 5.32 Å². The Labute approximate surface area is 129 Å². The van der Waals surface area contributed by atoms with Crippen molar-refractivity contribution in [1.29, 1.82) is 0 Å². The molecule has 0 fully saturated rings. The molecule has 0 radical (unpaired) electrons. The van der Waals surface area contributed by atoms with Crippen molar-refractivity contribution in [2.45, 2.75) is 25.6 Å². The summed E-state index contributed by atoms with van der Waals surface area (Å²) in [6.45, 7) is 1.79. The predicted octanol–water partition coefficient (Wildman–Crippen LogP) is 4.15. The second-order valence-corrected chi connectivity index (χ2v) is 5.19. The molecule has 0 bridgehead atoms. The monoisotopic (exact) mass is 331 g/mol. The third-order valence-electron chi connectivity index (χ3n) is 3.01. The van der Waals surface area contributed by atoms with Gasteiger partial charge in [0.05, 0.1) is 16.6 Å². The van der Waals surface area contributed by atoms with Gasteiger partial charge < -0.3 is 5.32 Å². The number of nitrogens with zero attached hydrogens (tertiary/aromatic N) is 2. The van der Waals surface area contributed by atoms with Gasteiger partial charge in [-0.2, -0.15) is 18.3 Å². The maximum absolute atomic E-state index is 12.8. The van der Waals surface area contributed by atoms with Crippen molar-refractivity contribution in [2.24, 2.45) is 0 Å². The fourth-order valence-corrected chi connectivity index (χ4v) is 2.16. The summed E-state index contributed by atoms with van der Waals surface area (Å²) in [6, 6.07) is 4.77. The molecule has 2 aromatic rings. The number of carbonyl (C=O) groups excluding carboxylic acids is 1. The first-order valence-electron chi connectivity index (χ1n) is 6.43. The molecule has 8 heteroatoms. The van der Waals surface area contributed by atoms with Crippen molar-refractivity contribution in [3.8, 4) is 0 Å². The summed E-state index contributed by atoms with van der Waals surface area (Å²) < 4.78 is 39.9. The lowest BCUT2D eigenvalue weighted by Crippen LogP contribution is -2.18. The van der Waals surface area contributed by atoms with Gasteiger partial charge >= 0.3 is 6.18 Å². The zero-order chi connectivity index (χ0) is 16.3. The smallest absolute Gasteiger partial charge is 0.326 e. The van der Waals surface area contributed by atoms with E-state index in [-0.39, 0.29) is 18.2 Å². The van der Waals surface area contributed by atoms with Crippen LogP contribution in [-0.2, 0) is 11.0 Å². The van der Waals surface area contributed by atoms with E-state index in [0.717, 1.165) is 12.1 Å². The number of aromatic nitrogens is 2. The summed E-state index contributed by atoms with van der Waals surface area (Å²) in [7, 11) is 0. The van der Waals surface area contributed by atoms with Gasteiger partial charge in [-0.25, -0.2) is 0 Å². The quantitative estimate of drug-likeness (QED) is 0.915. The molecule has 1 amide bonds. The van der Waals surface area contributed by atoms with Gasteiger partial charge in [0, 0.05) is 24.5 Å². The maximum atomic E-state index is 12.8. The van der Waals surface area contributed by atoms with E-state index in [1.165, 1.54) is 6.07 Å². The lowest BCUT2D eigenvalue weighted by molar-refractivity contribution is -0.137. The lowest BCUT2D eigenvalue weighted by atomic mass is 10.1. The van der Waals surface area contributed by atoms with Crippen LogP contribution in [0.4, 0.5) is 18.9 Å². The van der Waals surface area contributed by atoms with Gasteiger partial charge in [-0.1, -0.05) is 11.6 Å². The van der Waals surface area contributed by atoms with Crippen LogP contribution in [0.25, 0.3) is 0 Å². The van der Waals surface area contributed by atoms with E-state index < -0.39 is 22.7 Å². The first-order chi connectivity index (χ1) is 10.3. The second-order valence-electron chi connectivity index (χ2n) is 4.78. The van der Waals surface area contributed by atoms with Crippen molar-refractivity contribution in [2.75, 3.05) is 5.32 Å². The van der Waals surface area contributed by atoms with Crippen LogP contribution >= 0.6 is 11.6 Å². The Morgan fingerprint density at radius 3 is 2.77 bits per heavy atom. The molecule has 1 heterocycles. The Hall–Kier alpha value is -2.02. The Morgan fingerprint density at radius 1 is 1.45 bits per heavy atom. The molecule has 0 spiro atoms. The molecule has 0 saturated heterocycles. The molecule has 0 unspecified atom stereocenters. The van der Waals surface area contributed by atoms with Gasteiger partial charge in [0.25, 0.3) is 0 Å². The zero-order valence-corrected chi connectivity index (χ0v) is 12.3. The maximum Gasteiger partial charge on any atom is 0.417 e. The molecule has 4 nitrogen and oxygen atoms in total. The number of alkyl halides is 3. The predicted molar refractivity (Wildman–Crippen MR) is 76.6 cm³/mol. The van der Waals surface area contributed by atoms with Crippen LogP contribution in [0, 0.1) is 0 Å². The van der Waals surface area contributed by atoms with E-state index in [2.05, 4.69) is 10.4 Å². The van der Waals surface area contributed by atoms with Crippen LogP contribution in [-0.4, -0.2) is 15.7 Å². The van der Waals surface area contributed by atoms with E-state index in [1.54, 1.807) is 30.1 Å². The fraction of sp³-hybridized carbons (Fsp3) is 0.286. The first kappa shape index (κ1) is 16.4. The summed E-state index contributed by atoms with van der Waals surface area (Å²) in [6.07, 6.45) is -1.18. The highest BCUT2D eigenvalue weighted by molar-refractivity contribution is 6.31. The van der Waals surface area contributed by atoms with Crippen LogP contribution in [0.5, 0.6) is 0 Å². The van der Waals surface area contributed by atoms with Crippen molar-refractivity contribution in [3.63, 3.8) is 0 Å². The molecule has 1 aromatic carbocycles. The van der Waals surface area contributed by atoms with Crippen molar-refractivity contribution < 1.29 is 18.0 Å². The number of nitrogens with one attached hydrogen (secondary N) is 1. The Bertz CT molecular complexity index is 656. The van der Waals surface area contributed by atoms with Crippen LogP contribution in [0.1, 0.15) is 24.9 Å². The van der Waals surface area contributed by atoms with E-state index in [0.29, 0.717) is 0 Å². The van der Waals surface area contributed by atoms with E-state index in [9.17, 15) is 18.0 Å². The van der Waals surface area contributed by atoms with Crippen molar-refractivity contribution >= 4 is 23.2 Å². The summed E-state index contributed by atoms with van der Waals surface area (Å²) in [4.78, 5) is 11.9. The largest absolute Gasteiger partial charge is 0.417 e. The number of hydrogen-bond acceptors (Lipinski definition) is 2. The molecular formula is C14H13ClF3N3O. The first-order valence-corrected chi connectivity index (χ1v) is 6.81. The molecule has 0 aliphatic rings. The number of amides is 1. The SMILES string of the molecule is C[C@H](CC(=O)Nc1ccc(Cl)c(C(F)(F)F)c1)n1cccn1. The molecule has 118 valence electrons. The van der Waals surface area contributed by atoms with Gasteiger partial charge in [0.1, 0.15) is 0 Å². The summed E-state index contributed by atoms with van der Waals surface area (Å²) >= 11 is 5.52. The minimum absolute atomic E-state index is 0.0504. The van der Waals surface area contributed by atoms with Gasteiger partial charge in [0.2, 0.25) is 5.91 Å². The number of anilines is 1. The molecule has 1 atom stereocenters. The highest BCUT2D eigenvalue weighted by Gasteiger charge is 2.33. The van der Waals surface area contributed by atoms with Crippen LogP contribution in [0.3, 0.4) is 0 Å². The van der Waals surface area contributed by atoms with E-state index >= 15 is 0 Å². The summed E-state index contributed by atoms with van der Waals surface area (Å²) in [5.74, 6) is -0.404. The normalized spacial score (nSPS) is 13.0. The molecule has 0 aliphatic heterocycles. The number of hydrogen-bond donors (Lipinski definition) is 1. The third-order valence-corrected chi connectivity index (χ3v) is 3.34. The molecule has 2 rings (SSSR count).